The fourth-order valence-corrected chi connectivity index (χ4v) is 2.35. The van der Waals surface area contributed by atoms with Crippen molar-refractivity contribution in [3.8, 4) is 22.6 Å². The van der Waals surface area contributed by atoms with Crippen LogP contribution < -0.4 is 9.47 Å². The molecule has 2 aromatic rings. The van der Waals surface area contributed by atoms with E-state index in [1.807, 2.05) is 0 Å². The van der Waals surface area contributed by atoms with E-state index in [0.717, 1.165) is 0 Å². The summed E-state index contributed by atoms with van der Waals surface area (Å²) < 4.78 is 10.4. The van der Waals surface area contributed by atoms with Gasteiger partial charge in [-0.3, -0.25) is 0 Å². The van der Waals surface area contributed by atoms with E-state index in [9.17, 15) is 19.8 Å². The maximum absolute atomic E-state index is 11.4. The lowest BCUT2D eigenvalue weighted by molar-refractivity contribution is 0.0696. The summed E-state index contributed by atoms with van der Waals surface area (Å²) in [6.45, 7) is 1.47. The van der Waals surface area contributed by atoms with E-state index in [2.05, 4.69) is 0 Å². The Bertz CT molecular complexity index is 744. The largest absolute Gasteiger partial charge is 0.497 e. The van der Waals surface area contributed by atoms with Crippen molar-refractivity contribution in [2.45, 2.75) is 6.92 Å². The Morgan fingerprint density at radius 2 is 1.48 bits per heavy atom. The van der Waals surface area contributed by atoms with Crippen LogP contribution in [0.2, 0.25) is 0 Å². The summed E-state index contributed by atoms with van der Waals surface area (Å²) in [5.41, 5.74) is 1.06. The molecule has 6 heteroatoms. The Hall–Kier alpha value is -3.02. The van der Waals surface area contributed by atoms with Gasteiger partial charge in [0, 0.05) is 5.56 Å². The number of carbonyl (C=O) groups is 2. The number of ether oxygens (including phenoxy) is 2. The summed E-state index contributed by atoms with van der Waals surface area (Å²) in [6, 6.07) is 7.91. The van der Waals surface area contributed by atoms with E-state index in [1.165, 1.54) is 33.3 Å². The van der Waals surface area contributed by atoms with Gasteiger partial charge >= 0.3 is 11.9 Å². The van der Waals surface area contributed by atoms with Gasteiger partial charge in [-0.05, 0) is 48.4 Å². The Kier molecular flexibility index (Phi) is 4.55. The number of benzene rings is 2. The molecular formula is C17H16O6. The molecule has 0 unspecified atom stereocenters. The smallest absolute Gasteiger partial charge is 0.335 e. The summed E-state index contributed by atoms with van der Waals surface area (Å²) in [7, 11) is 2.99. The van der Waals surface area contributed by atoms with Gasteiger partial charge in [0.05, 0.1) is 25.3 Å². The van der Waals surface area contributed by atoms with Crippen LogP contribution in [-0.2, 0) is 0 Å². The number of methoxy groups -OCH3 is 2. The van der Waals surface area contributed by atoms with Crippen LogP contribution in [0.25, 0.3) is 11.1 Å². The highest BCUT2D eigenvalue weighted by atomic mass is 16.5. The Morgan fingerprint density at radius 1 is 0.913 bits per heavy atom. The van der Waals surface area contributed by atoms with E-state index < -0.39 is 11.9 Å². The van der Waals surface area contributed by atoms with E-state index in [0.29, 0.717) is 22.6 Å². The van der Waals surface area contributed by atoms with Crippen LogP contribution in [0, 0.1) is 6.92 Å². The van der Waals surface area contributed by atoms with E-state index in [4.69, 9.17) is 9.47 Å². The molecule has 0 saturated heterocycles. The van der Waals surface area contributed by atoms with Crippen molar-refractivity contribution < 1.29 is 29.3 Å². The van der Waals surface area contributed by atoms with Crippen LogP contribution in [0.1, 0.15) is 26.3 Å². The van der Waals surface area contributed by atoms with E-state index in [-0.39, 0.29) is 16.7 Å². The zero-order valence-corrected chi connectivity index (χ0v) is 12.9. The van der Waals surface area contributed by atoms with E-state index >= 15 is 0 Å². The molecule has 0 radical (unpaired) electrons. The van der Waals surface area contributed by atoms with Crippen LogP contribution >= 0.6 is 0 Å². The quantitative estimate of drug-likeness (QED) is 0.880. The average molecular weight is 316 g/mol. The molecule has 0 heterocycles. The molecule has 23 heavy (non-hydrogen) atoms. The van der Waals surface area contributed by atoms with Crippen LogP contribution in [0.15, 0.2) is 30.3 Å². The standard InChI is InChI=1S/C17H16O6/c1-9-12(16(18)19)6-10(7-13(9)17(20)21)14-8-11(22-2)4-5-15(14)23-3/h4-8H,1-3H3,(H,18,19)(H,20,21). The van der Waals surface area contributed by atoms with Crippen molar-refractivity contribution in [1.29, 1.82) is 0 Å². The van der Waals surface area contributed by atoms with Gasteiger partial charge in [0.1, 0.15) is 11.5 Å². The van der Waals surface area contributed by atoms with Gasteiger partial charge in [-0.1, -0.05) is 0 Å². The number of aromatic carboxylic acids is 2. The third kappa shape index (κ3) is 3.11. The zero-order valence-electron chi connectivity index (χ0n) is 12.9. The topological polar surface area (TPSA) is 93.1 Å². The van der Waals surface area contributed by atoms with Crippen molar-refractivity contribution in [2.75, 3.05) is 14.2 Å². The molecule has 0 aliphatic heterocycles. The summed E-state index contributed by atoms with van der Waals surface area (Å²) >= 11 is 0. The second kappa shape index (κ2) is 6.39. The van der Waals surface area contributed by atoms with Crippen molar-refractivity contribution in [3.05, 3.63) is 47.0 Å². The molecule has 0 amide bonds. The highest BCUT2D eigenvalue weighted by molar-refractivity contribution is 5.99. The monoisotopic (exact) mass is 316 g/mol. The molecule has 0 aliphatic carbocycles. The molecule has 0 aromatic heterocycles. The minimum atomic E-state index is -1.19. The maximum Gasteiger partial charge on any atom is 0.335 e. The van der Waals surface area contributed by atoms with Crippen LogP contribution in [0.5, 0.6) is 11.5 Å². The second-order valence-electron chi connectivity index (χ2n) is 4.87. The van der Waals surface area contributed by atoms with Crippen LogP contribution in [0.3, 0.4) is 0 Å². The lowest BCUT2D eigenvalue weighted by atomic mass is 9.94. The van der Waals surface area contributed by atoms with Crippen LogP contribution in [0.4, 0.5) is 0 Å². The normalized spacial score (nSPS) is 10.2. The number of hydrogen-bond acceptors (Lipinski definition) is 4. The zero-order chi connectivity index (χ0) is 17.1. The first kappa shape index (κ1) is 16.4. The second-order valence-corrected chi connectivity index (χ2v) is 4.87. The molecule has 0 spiro atoms. The van der Waals surface area contributed by atoms with Crippen molar-refractivity contribution in [3.63, 3.8) is 0 Å². The predicted octanol–water partition coefficient (Wildman–Crippen LogP) is 3.08. The van der Waals surface area contributed by atoms with Gasteiger partial charge in [0.25, 0.3) is 0 Å². The van der Waals surface area contributed by atoms with E-state index in [1.54, 1.807) is 18.2 Å². The first-order chi connectivity index (χ1) is 10.9. The van der Waals surface area contributed by atoms with Gasteiger partial charge in [-0.15, -0.1) is 0 Å². The summed E-state index contributed by atoms with van der Waals surface area (Å²) in [6.07, 6.45) is 0. The number of hydrogen-bond donors (Lipinski definition) is 2. The van der Waals surface area contributed by atoms with Crippen molar-refractivity contribution in [2.24, 2.45) is 0 Å². The molecule has 0 bridgehead atoms. The molecular weight excluding hydrogens is 300 g/mol. The first-order valence-electron chi connectivity index (χ1n) is 6.72. The van der Waals surface area contributed by atoms with Gasteiger partial charge in [0.2, 0.25) is 0 Å². The fourth-order valence-electron chi connectivity index (χ4n) is 2.35. The van der Waals surface area contributed by atoms with Gasteiger partial charge in [-0.2, -0.15) is 0 Å². The molecule has 2 N–H and O–H groups in total. The molecule has 0 fully saturated rings. The number of carboxylic acids is 2. The predicted molar refractivity (Wildman–Crippen MR) is 83.6 cm³/mol. The third-order valence-electron chi connectivity index (χ3n) is 3.59. The van der Waals surface area contributed by atoms with Crippen LogP contribution in [-0.4, -0.2) is 36.4 Å². The molecule has 2 rings (SSSR count). The van der Waals surface area contributed by atoms with Crippen molar-refractivity contribution in [1.82, 2.24) is 0 Å². The number of carboxylic acid groups (broad SMARTS) is 2. The summed E-state index contributed by atoms with van der Waals surface area (Å²) in [5, 5.41) is 18.6. The SMILES string of the molecule is COc1ccc(OC)c(-c2cc(C(=O)O)c(C)c(C(=O)O)c2)c1. The molecule has 6 nitrogen and oxygen atoms in total. The highest BCUT2D eigenvalue weighted by Gasteiger charge is 2.19. The molecule has 0 saturated carbocycles. The average Bonchev–Trinajstić information content (AvgIpc) is 2.53. The molecule has 2 aromatic carbocycles. The minimum Gasteiger partial charge on any atom is -0.497 e. The summed E-state index contributed by atoms with van der Waals surface area (Å²) in [4.78, 5) is 22.8. The van der Waals surface area contributed by atoms with Gasteiger partial charge in [-0.25, -0.2) is 9.59 Å². The lowest BCUT2D eigenvalue weighted by Crippen LogP contribution is -2.08. The molecule has 0 aliphatic rings. The highest BCUT2D eigenvalue weighted by Crippen LogP contribution is 2.35. The Morgan fingerprint density at radius 3 is 1.91 bits per heavy atom. The first-order valence-corrected chi connectivity index (χ1v) is 6.72. The van der Waals surface area contributed by atoms with Crippen molar-refractivity contribution >= 4 is 11.9 Å². The Balaban J connectivity index is 2.78. The Labute approximate surface area is 132 Å². The third-order valence-corrected chi connectivity index (χ3v) is 3.59. The molecule has 120 valence electrons. The maximum atomic E-state index is 11.4. The molecule has 0 atom stereocenters. The van der Waals surface area contributed by atoms with Gasteiger partial charge < -0.3 is 19.7 Å². The minimum absolute atomic E-state index is 0.0650. The van der Waals surface area contributed by atoms with Gasteiger partial charge in [0.15, 0.2) is 0 Å². The summed E-state index contributed by atoms with van der Waals surface area (Å²) in [5.74, 6) is -1.33. The lowest BCUT2D eigenvalue weighted by Gasteiger charge is -2.14. The number of rotatable bonds is 5. The fraction of sp³-hybridized carbons (Fsp3) is 0.176.